The fraction of sp³-hybridized carbons (Fsp3) is 0.562. The lowest BCUT2D eigenvalue weighted by atomic mass is 10.0. The molecule has 0 aromatic heterocycles. The number of amides is 1. The summed E-state index contributed by atoms with van der Waals surface area (Å²) in [6.45, 7) is 1.33. The van der Waals surface area contributed by atoms with Crippen molar-refractivity contribution in [3.8, 4) is 11.5 Å². The Bertz CT molecular complexity index is 545. The van der Waals surface area contributed by atoms with Crippen molar-refractivity contribution in [3.05, 3.63) is 23.8 Å². The van der Waals surface area contributed by atoms with E-state index in [0.29, 0.717) is 19.1 Å². The number of benzene rings is 1. The maximum Gasteiger partial charge on any atom is 0.239 e. The smallest absolute Gasteiger partial charge is 0.239 e. The summed E-state index contributed by atoms with van der Waals surface area (Å²) < 4.78 is 16.1. The minimum absolute atomic E-state index is 0.0359. The molecule has 1 aliphatic heterocycles. The van der Waals surface area contributed by atoms with Crippen LogP contribution in [0.1, 0.15) is 24.4 Å². The van der Waals surface area contributed by atoms with Gasteiger partial charge in [-0.3, -0.25) is 4.79 Å². The number of rotatable bonds is 6. The molecular formula is C16H22N2O4. The lowest BCUT2D eigenvalue weighted by Crippen LogP contribution is -2.45. The van der Waals surface area contributed by atoms with E-state index < -0.39 is 6.04 Å². The van der Waals surface area contributed by atoms with Gasteiger partial charge in [-0.25, -0.2) is 0 Å². The first-order valence-corrected chi connectivity index (χ1v) is 7.63. The zero-order chi connectivity index (χ0) is 15.5. The predicted octanol–water partition coefficient (Wildman–Crippen LogP) is 0.999. The summed E-state index contributed by atoms with van der Waals surface area (Å²) in [4.78, 5) is 12.2. The van der Waals surface area contributed by atoms with Crippen LogP contribution in [0.2, 0.25) is 0 Å². The van der Waals surface area contributed by atoms with Crippen LogP contribution in [0.15, 0.2) is 18.2 Å². The first kappa shape index (κ1) is 15.1. The second kappa shape index (κ2) is 6.54. The summed E-state index contributed by atoms with van der Waals surface area (Å²) in [5.74, 6) is 1.77. The molecule has 1 aromatic rings. The topological polar surface area (TPSA) is 82.8 Å². The number of hydrogen-bond acceptors (Lipinski definition) is 5. The molecule has 120 valence electrons. The molecular weight excluding hydrogens is 284 g/mol. The average Bonchev–Trinajstić information content (AvgIpc) is 3.37. The Morgan fingerprint density at radius 3 is 2.77 bits per heavy atom. The van der Waals surface area contributed by atoms with Crippen molar-refractivity contribution < 1.29 is 19.0 Å². The quantitative estimate of drug-likeness (QED) is 0.819. The second-order valence-corrected chi connectivity index (χ2v) is 5.79. The number of carbonyl (C=O) groups is 1. The van der Waals surface area contributed by atoms with E-state index in [9.17, 15) is 4.79 Å². The van der Waals surface area contributed by atoms with Gasteiger partial charge < -0.3 is 25.3 Å². The highest BCUT2D eigenvalue weighted by molar-refractivity contribution is 5.82. The van der Waals surface area contributed by atoms with Crippen LogP contribution in [0, 0.1) is 5.92 Å². The van der Waals surface area contributed by atoms with Gasteiger partial charge in [-0.05, 0) is 36.5 Å². The normalized spacial score (nSPS) is 19.4. The molecule has 3 rings (SSSR count). The van der Waals surface area contributed by atoms with E-state index >= 15 is 0 Å². The Morgan fingerprint density at radius 2 is 2.09 bits per heavy atom. The number of hydrogen-bond donors (Lipinski definition) is 2. The molecule has 2 aliphatic rings. The van der Waals surface area contributed by atoms with Crippen molar-refractivity contribution in [1.82, 2.24) is 5.32 Å². The first-order chi connectivity index (χ1) is 10.7. The molecule has 6 heteroatoms. The second-order valence-electron chi connectivity index (χ2n) is 5.79. The Balaban J connectivity index is 1.75. The van der Waals surface area contributed by atoms with Gasteiger partial charge in [-0.1, -0.05) is 6.07 Å². The third kappa shape index (κ3) is 3.34. The Kier molecular flexibility index (Phi) is 4.49. The van der Waals surface area contributed by atoms with Crippen molar-refractivity contribution in [2.75, 3.05) is 26.9 Å². The molecule has 2 atom stereocenters. The van der Waals surface area contributed by atoms with Gasteiger partial charge in [0.15, 0.2) is 11.5 Å². The zero-order valence-electron chi connectivity index (χ0n) is 12.7. The molecule has 22 heavy (non-hydrogen) atoms. The number of fused-ring (bicyclic) bond motifs is 1. The molecule has 0 bridgehead atoms. The molecule has 0 saturated heterocycles. The third-order valence-electron chi connectivity index (χ3n) is 4.00. The van der Waals surface area contributed by atoms with E-state index in [1.165, 1.54) is 7.11 Å². The van der Waals surface area contributed by atoms with Gasteiger partial charge >= 0.3 is 0 Å². The minimum Gasteiger partial charge on any atom is -0.486 e. The highest BCUT2D eigenvalue weighted by Gasteiger charge is 2.35. The van der Waals surface area contributed by atoms with Crippen LogP contribution < -0.4 is 20.5 Å². The maximum absolute atomic E-state index is 12.2. The number of nitrogens with two attached hydrogens (primary N) is 1. The highest BCUT2D eigenvalue weighted by Crippen LogP contribution is 2.43. The lowest BCUT2D eigenvalue weighted by molar-refractivity contribution is -0.124. The van der Waals surface area contributed by atoms with E-state index in [1.54, 1.807) is 0 Å². The van der Waals surface area contributed by atoms with E-state index in [0.717, 1.165) is 29.9 Å². The van der Waals surface area contributed by atoms with Gasteiger partial charge in [0.2, 0.25) is 5.91 Å². The minimum atomic E-state index is -0.650. The summed E-state index contributed by atoms with van der Waals surface area (Å²) >= 11 is 0. The van der Waals surface area contributed by atoms with Crippen molar-refractivity contribution in [3.63, 3.8) is 0 Å². The molecule has 1 aromatic carbocycles. The van der Waals surface area contributed by atoms with E-state index in [-0.39, 0.29) is 18.6 Å². The summed E-state index contributed by atoms with van der Waals surface area (Å²) in [5.41, 5.74) is 6.84. The molecule has 1 saturated carbocycles. The van der Waals surface area contributed by atoms with Gasteiger partial charge in [-0.15, -0.1) is 0 Å². The average molecular weight is 306 g/mol. The Labute approximate surface area is 129 Å². The molecule has 0 radical (unpaired) electrons. The van der Waals surface area contributed by atoms with Crippen LogP contribution in [-0.4, -0.2) is 38.9 Å². The number of nitrogens with one attached hydrogen (secondary N) is 1. The molecule has 6 nitrogen and oxygen atoms in total. The predicted molar refractivity (Wildman–Crippen MR) is 80.9 cm³/mol. The molecule has 1 fully saturated rings. The molecule has 1 heterocycles. The SMILES string of the molecule is COCC(N)C(=O)NC(c1ccc2c(c1)OCCO2)C1CC1. The highest BCUT2D eigenvalue weighted by atomic mass is 16.6. The molecule has 1 amide bonds. The summed E-state index contributed by atoms with van der Waals surface area (Å²) in [5, 5.41) is 3.05. The number of methoxy groups -OCH3 is 1. The summed E-state index contributed by atoms with van der Waals surface area (Å²) in [6, 6.07) is 5.16. The van der Waals surface area contributed by atoms with Crippen LogP contribution in [0.25, 0.3) is 0 Å². The van der Waals surface area contributed by atoms with Gasteiger partial charge in [0.1, 0.15) is 19.3 Å². The van der Waals surface area contributed by atoms with E-state index in [2.05, 4.69) is 5.32 Å². The molecule has 2 unspecified atom stereocenters. The van der Waals surface area contributed by atoms with E-state index in [1.807, 2.05) is 18.2 Å². The van der Waals surface area contributed by atoms with Gasteiger partial charge in [-0.2, -0.15) is 0 Å². The largest absolute Gasteiger partial charge is 0.486 e. The first-order valence-electron chi connectivity index (χ1n) is 7.63. The Morgan fingerprint density at radius 1 is 1.36 bits per heavy atom. The lowest BCUT2D eigenvalue weighted by Gasteiger charge is -2.24. The molecule has 3 N–H and O–H groups in total. The van der Waals surface area contributed by atoms with Crippen LogP contribution >= 0.6 is 0 Å². The van der Waals surface area contributed by atoms with Crippen LogP contribution in [0.3, 0.4) is 0 Å². The summed E-state index contributed by atoms with van der Waals surface area (Å²) in [7, 11) is 1.53. The van der Waals surface area contributed by atoms with Crippen LogP contribution in [-0.2, 0) is 9.53 Å². The van der Waals surface area contributed by atoms with Gasteiger partial charge in [0.05, 0.1) is 12.6 Å². The van der Waals surface area contributed by atoms with Gasteiger partial charge in [0, 0.05) is 7.11 Å². The maximum atomic E-state index is 12.2. The fourth-order valence-corrected chi connectivity index (χ4v) is 2.67. The van der Waals surface area contributed by atoms with Crippen molar-refractivity contribution >= 4 is 5.91 Å². The Hall–Kier alpha value is -1.79. The summed E-state index contributed by atoms with van der Waals surface area (Å²) in [6.07, 6.45) is 2.22. The van der Waals surface area contributed by atoms with E-state index in [4.69, 9.17) is 19.9 Å². The third-order valence-corrected chi connectivity index (χ3v) is 4.00. The number of carbonyl (C=O) groups excluding carboxylic acids is 1. The monoisotopic (exact) mass is 306 g/mol. The van der Waals surface area contributed by atoms with Crippen LogP contribution in [0.5, 0.6) is 11.5 Å². The van der Waals surface area contributed by atoms with Crippen molar-refractivity contribution in [1.29, 1.82) is 0 Å². The molecule has 1 aliphatic carbocycles. The fourth-order valence-electron chi connectivity index (χ4n) is 2.67. The molecule has 0 spiro atoms. The number of ether oxygens (including phenoxy) is 3. The zero-order valence-corrected chi connectivity index (χ0v) is 12.7. The van der Waals surface area contributed by atoms with Crippen molar-refractivity contribution in [2.45, 2.75) is 24.9 Å². The van der Waals surface area contributed by atoms with Gasteiger partial charge in [0.25, 0.3) is 0 Å². The van der Waals surface area contributed by atoms with Crippen LogP contribution in [0.4, 0.5) is 0 Å². The standard InChI is InChI=1S/C16H22N2O4/c1-20-9-12(17)16(19)18-15(10-2-3-10)11-4-5-13-14(8-11)22-7-6-21-13/h4-5,8,10,12,15H,2-3,6-7,9,17H2,1H3,(H,18,19). The van der Waals surface area contributed by atoms with Crippen molar-refractivity contribution in [2.24, 2.45) is 11.7 Å².